The summed E-state index contributed by atoms with van der Waals surface area (Å²) < 4.78 is 0. The molecule has 6 heteroatoms. The number of amides is 1. The number of rotatable bonds is 3. The molecule has 1 atom stereocenters. The summed E-state index contributed by atoms with van der Waals surface area (Å²) in [4.78, 5) is 27.1. The first-order chi connectivity index (χ1) is 12.2. The Kier molecular flexibility index (Phi) is 4.36. The lowest BCUT2D eigenvalue weighted by Crippen LogP contribution is -3.16. The van der Waals surface area contributed by atoms with Crippen LogP contribution in [0.15, 0.2) is 42.7 Å². The number of fused-ring (bicyclic) bond motifs is 1. The Bertz CT molecular complexity index is 742. The van der Waals surface area contributed by atoms with Gasteiger partial charge in [0.1, 0.15) is 0 Å². The van der Waals surface area contributed by atoms with Gasteiger partial charge in [-0.15, -0.1) is 0 Å². The van der Waals surface area contributed by atoms with Crippen molar-refractivity contribution in [3.05, 3.63) is 48.3 Å². The van der Waals surface area contributed by atoms with Gasteiger partial charge in [-0.3, -0.25) is 4.79 Å². The largest absolute Gasteiger partial charge is 0.330 e. The molecule has 0 spiro atoms. The lowest BCUT2D eigenvalue weighted by atomic mass is 10.1. The second-order valence-electron chi connectivity index (χ2n) is 6.91. The van der Waals surface area contributed by atoms with Gasteiger partial charge in [0.25, 0.3) is 5.91 Å². The van der Waals surface area contributed by atoms with E-state index in [0.29, 0.717) is 6.54 Å². The second-order valence-corrected chi connectivity index (χ2v) is 6.91. The third-order valence-corrected chi connectivity index (χ3v) is 5.18. The first kappa shape index (κ1) is 16.0. The maximum atomic E-state index is 12.9. The molecule has 0 radical (unpaired) electrons. The maximum absolute atomic E-state index is 12.9. The van der Waals surface area contributed by atoms with Crippen molar-refractivity contribution < 1.29 is 9.69 Å². The summed E-state index contributed by atoms with van der Waals surface area (Å²) in [7, 11) is 0. The summed E-state index contributed by atoms with van der Waals surface area (Å²) in [5, 5.41) is 0. The van der Waals surface area contributed by atoms with Crippen molar-refractivity contribution in [1.29, 1.82) is 0 Å². The van der Waals surface area contributed by atoms with E-state index >= 15 is 0 Å². The van der Waals surface area contributed by atoms with E-state index in [-0.39, 0.29) is 11.9 Å². The van der Waals surface area contributed by atoms with E-state index in [9.17, 15) is 4.79 Å². The zero-order chi connectivity index (χ0) is 17.2. The van der Waals surface area contributed by atoms with Gasteiger partial charge in [-0.1, -0.05) is 18.2 Å². The normalized spacial score (nSPS) is 20.6. The highest BCUT2D eigenvalue weighted by molar-refractivity contribution is 5.96. The molecule has 1 saturated heterocycles. The van der Waals surface area contributed by atoms with Crippen molar-refractivity contribution >= 4 is 17.5 Å². The molecule has 0 bridgehead atoms. The van der Waals surface area contributed by atoms with E-state index in [2.05, 4.69) is 40.0 Å². The molecule has 2 aromatic rings. The third-order valence-electron chi connectivity index (χ3n) is 5.18. The molecule has 0 saturated carbocycles. The molecule has 1 aromatic heterocycles. The van der Waals surface area contributed by atoms with Gasteiger partial charge in [0.2, 0.25) is 5.95 Å². The van der Waals surface area contributed by atoms with Crippen LogP contribution in [0.25, 0.3) is 0 Å². The zero-order valence-corrected chi connectivity index (χ0v) is 14.6. The van der Waals surface area contributed by atoms with E-state index in [1.54, 1.807) is 12.4 Å². The van der Waals surface area contributed by atoms with Crippen LogP contribution in [-0.2, 0) is 11.2 Å². The molecule has 2 aliphatic rings. The van der Waals surface area contributed by atoms with Crippen molar-refractivity contribution in [2.45, 2.75) is 19.4 Å². The molecular weight excluding hydrogens is 314 g/mol. The Balaban J connectivity index is 1.37. The van der Waals surface area contributed by atoms with E-state index in [1.807, 2.05) is 17.0 Å². The Hall–Kier alpha value is -2.47. The fourth-order valence-electron chi connectivity index (χ4n) is 3.90. The van der Waals surface area contributed by atoms with Crippen LogP contribution in [0.2, 0.25) is 0 Å². The zero-order valence-electron chi connectivity index (χ0n) is 14.6. The number of para-hydroxylation sites is 1. The number of carbonyl (C=O) groups is 1. The molecule has 2 aliphatic heterocycles. The summed E-state index contributed by atoms with van der Waals surface area (Å²) in [6, 6.07) is 10.3. The molecule has 3 heterocycles. The van der Waals surface area contributed by atoms with E-state index in [4.69, 9.17) is 0 Å². The van der Waals surface area contributed by atoms with Gasteiger partial charge in [-0.05, 0) is 31.0 Å². The van der Waals surface area contributed by atoms with Crippen molar-refractivity contribution in [3.8, 4) is 0 Å². The first-order valence-electron chi connectivity index (χ1n) is 8.98. The number of carbonyl (C=O) groups excluding carboxylic acids is 1. The number of aromatic nitrogens is 2. The first-order valence-corrected chi connectivity index (χ1v) is 8.98. The minimum atomic E-state index is 0.233. The highest BCUT2D eigenvalue weighted by atomic mass is 16.2. The second kappa shape index (κ2) is 6.80. The van der Waals surface area contributed by atoms with Crippen molar-refractivity contribution in [2.75, 3.05) is 42.5 Å². The highest BCUT2D eigenvalue weighted by Crippen LogP contribution is 2.31. The van der Waals surface area contributed by atoms with Crippen molar-refractivity contribution in [3.63, 3.8) is 0 Å². The predicted molar refractivity (Wildman–Crippen MR) is 96.9 cm³/mol. The standard InChI is InChI=1S/C19H23N5O/c1-15-13-16-5-2-3-6-17(16)24(15)18(25)14-22-9-11-23(12-10-22)19-20-7-4-8-21-19/h2-8,15H,9-14H2,1H3/p+1/t15-/m1/s1. The molecule has 0 unspecified atom stereocenters. The third kappa shape index (κ3) is 3.22. The number of nitrogens with zero attached hydrogens (tertiary/aromatic N) is 4. The molecule has 1 N–H and O–H groups in total. The molecule has 1 aromatic carbocycles. The van der Waals surface area contributed by atoms with Crippen LogP contribution in [0.5, 0.6) is 0 Å². The van der Waals surface area contributed by atoms with Crippen LogP contribution in [0.3, 0.4) is 0 Å². The summed E-state index contributed by atoms with van der Waals surface area (Å²) in [6.07, 6.45) is 4.50. The summed E-state index contributed by atoms with van der Waals surface area (Å²) >= 11 is 0. The highest BCUT2D eigenvalue weighted by Gasteiger charge is 2.33. The quantitative estimate of drug-likeness (QED) is 0.866. The molecule has 1 amide bonds. The van der Waals surface area contributed by atoms with Gasteiger partial charge in [0.15, 0.2) is 6.54 Å². The number of anilines is 2. The van der Waals surface area contributed by atoms with E-state index in [1.165, 1.54) is 10.5 Å². The minimum Gasteiger partial charge on any atom is -0.330 e. The Labute approximate surface area is 148 Å². The maximum Gasteiger partial charge on any atom is 0.282 e. The van der Waals surface area contributed by atoms with Gasteiger partial charge in [-0.2, -0.15) is 0 Å². The van der Waals surface area contributed by atoms with Gasteiger partial charge in [0, 0.05) is 24.1 Å². The fourth-order valence-corrected chi connectivity index (χ4v) is 3.90. The molecular formula is C19H24N5O+. The average molecular weight is 338 g/mol. The van der Waals surface area contributed by atoms with E-state index in [0.717, 1.165) is 44.2 Å². The van der Waals surface area contributed by atoms with Crippen molar-refractivity contribution in [2.24, 2.45) is 0 Å². The number of hydrogen-bond donors (Lipinski definition) is 1. The average Bonchev–Trinajstić information content (AvgIpc) is 2.99. The van der Waals surface area contributed by atoms with Crippen LogP contribution in [0, 0.1) is 0 Å². The number of nitrogens with one attached hydrogen (secondary N) is 1. The number of piperazine rings is 1. The molecule has 130 valence electrons. The number of hydrogen-bond acceptors (Lipinski definition) is 4. The fraction of sp³-hybridized carbons (Fsp3) is 0.421. The van der Waals surface area contributed by atoms with Crippen LogP contribution in [0.1, 0.15) is 12.5 Å². The SMILES string of the molecule is C[C@@H]1Cc2ccccc2N1C(=O)C[NH+]1CCN(c2ncccn2)CC1. The van der Waals surface area contributed by atoms with Gasteiger partial charge >= 0.3 is 0 Å². The number of quaternary nitrogens is 1. The summed E-state index contributed by atoms with van der Waals surface area (Å²) in [5.74, 6) is 1.02. The molecule has 1 fully saturated rings. The van der Waals surface area contributed by atoms with E-state index < -0.39 is 0 Å². The summed E-state index contributed by atoms with van der Waals surface area (Å²) in [6.45, 7) is 6.35. The Morgan fingerprint density at radius 2 is 1.88 bits per heavy atom. The van der Waals surface area contributed by atoms with Crippen molar-refractivity contribution in [1.82, 2.24) is 9.97 Å². The minimum absolute atomic E-state index is 0.233. The number of benzene rings is 1. The lowest BCUT2D eigenvalue weighted by molar-refractivity contribution is -0.892. The Morgan fingerprint density at radius 1 is 1.16 bits per heavy atom. The molecule has 0 aliphatic carbocycles. The lowest BCUT2D eigenvalue weighted by Gasteiger charge is -2.33. The molecule has 25 heavy (non-hydrogen) atoms. The van der Waals surface area contributed by atoms with Crippen LogP contribution in [-0.4, -0.2) is 54.6 Å². The predicted octanol–water partition coefficient (Wildman–Crippen LogP) is 0.159. The van der Waals surface area contributed by atoms with Gasteiger partial charge < -0.3 is 14.7 Å². The van der Waals surface area contributed by atoms with Gasteiger partial charge in [-0.25, -0.2) is 9.97 Å². The van der Waals surface area contributed by atoms with Crippen LogP contribution in [0.4, 0.5) is 11.6 Å². The molecule has 6 nitrogen and oxygen atoms in total. The van der Waals surface area contributed by atoms with Gasteiger partial charge in [0.05, 0.1) is 26.2 Å². The Morgan fingerprint density at radius 3 is 2.64 bits per heavy atom. The topological polar surface area (TPSA) is 53.8 Å². The van der Waals surface area contributed by atoms with Crippen LogP contribution < -0.4 is 14.7 Å². The monoisotopic (exact) mass is 338 g/mol. The summed E-state index contributed by atoms with van der Waals surface area (Å²) in [5.41, 5.74) is 2.38. The smallest absolute Gasteiger partial charge is 0.282 e. The molecule has 4 rings (SSSR count). The van der Waals surface area contributed by atoms with Crippen LogP contribution >= 0.6 is 0 Å².